The summed E-state index contributed by atoms with van der Waals surface area (Å²) in [5.74, 6) is -4.34. The lowest BCUT2D eigenvalue weighted by molar-refractivity contribution is -0.147. The number of nitrogens with one attached hydrogen (secondary N) is 1. The fraction of sp³-hybridized carbons (Fsp3) is 0.227. The van der Waals surface area contributed by atoms with Crippen molar-refractivity contribution in [2.45, 2.75) is 12.5 Å². The zero-order chi connectivity index (χ0) is 25.3. The molecule has 1 unspecified atom stereocenters. The summed E-state index contributed by atoms with van der Waals surface area (Å²) in [4.78, 5) is 61.6. The molecule has 2 aromatic rings. The molecular weight excluding hydrogens is 500 g/mol. The summed E-state index contributed by atoms with van der Waals surface area (Å²) in [6, 6.07) is 6.95. The van der Waals surface area contributed by atoms with E-state index in [0.29, 0.717) is 21.8 Å². The Morgan fingerprint density at radius 1 is 1.23 bits per heavy atom. The number of amides is 3. The first-order valence-electron chi connectivity index (χ1n) is 10.1. The molecule has 1 atom stereocenters. The van der Waals surface area contributed by atoms with Gasteiger partial charge in [0.2, 0.25) is 0 Å². The summed E-state index contributed by atoms with van der Waals surface area (Å²) in [5, 5.41) is 20.0. The molecule has 0 bridgehead atoms. The number of hydrogen-bond acceptors (Lipinski definition) is 9. The molecule has 1 aromatic heterocycles. The van der Waals surface area contributed by atoms with E-state index in [1.54, 1.807) is 30.3 Å². The van der Waals surface area contributed by atoms with Crippen molar-refractivity contribution in [3.05, 3.63) is 50.7 Å². The average molecular weight is 519 g/mol. The highest BCUT2D eigenvalue weighted by Crippen LogP contribution is 2.43. The van der Waals surface area contributed by atoms with Gasteiger partial charge in [-0.15, -0.1) is 11.3 Å². The van der Waals surface area contributed by atoms with Gasteiger partial charge >= 0.3 is 17.8 Å². The van der Waals surface area contributed by atoms with Crippen LogP contribution < -0.4 is 10.1 Å². The molecule has 0 radical (unpaired) electrons. The van der Waals surface area contributed by atoms with Crippen LogP contribution in [0, 0.1) is 0 Å². The predicted molar refractivity (Wildman–Crippen MR) is 126 cm³/mol. The largest absolute Gasteiger partial charge is 0.497 e. The second kappa shape index (κ2) is 9.90. The first-order chi connectivity index (χ1) is 16.7. The number of nitrogens with zero attached hydrogens (tertiary/aromatic N) is 1. The van der Waals surface area contributed by atoms with Crippen molar-refractivity contribution in [3.63, 3.8) is 0 Å². The number of aromatic carboxylic acids is 1. The van der Waals surface area contributed by atoms with Crippen LogP contribution in [-0.4, -0.2) is 64.4 Å². The van der Waals surface area contributed by atoms with E-state index in [-0.39, 0.29) is 35.0 Å². The summed E-state index contributed by atoms with van der Waals surface area (Å²) < 4.78 is 10.9. The fourth-order valence-corrected chi connectivity index (χ4v) is 5.78. The predicted octanol–water partition coefficient (Wildman–Crippen LogP) is 2.83. The smallest absolute Gasteiger partial charge is 0.394 e. The molecule has 0 aliphatic carbocycles. The molecule has 3 heterocycles. The van der Waals surface area contributed by atoms with Gasteiger partial charge in [-0.2, -0.15) is 0 Å². The van der Waals surface area contributed by atoms with E-state index in [1.165, 1.54) is 7.11 Å². The Morgan fingerprint density at radius 3 is 2.57 bits per heavy atom. The van der Waals surface area contributed by atoms with Crippen molar-refractivity contribution in [1.82, 2.24) is 4.90 Å². The maximum atomic E-state index is 13.0. The number of benzene rings is 1. The number of carbonyl (C=O) groups is 5. The Bertz CT molecular complexity index is 1270. The number of carbonyl (C=O) groups excluding carboxylic acids is 3. The number of aliphatic carboxylic acids is 1. The molecule has 1 fully saturated rings. The summed E-state index contributed by atoms with van der Waals surface area (Å²) >= 11 is 1.63. The van der Waals surface area contributed by atoms with E-state index in [9.17, 15) is 29.1 Å². The molecule has 2 aliphatic rings. The number of imide groups is 1. The first kappa shape index (κ1) is 24.4. The van der Waals surface area contributed by atoms with E-state index < -0.39 is 35.1 Å². The molecule has 35 heavy (non-hydrogen) atoms. The van der Waals surface area contributed by atoms with Crippen molar-refractivity contribution in [2.24, 2.45) is 0 Å². The zero-order valence-corrected chi connectivity index (χ0v) is 19.7. The molecule has 1 saturated heterocycles. The van der Waals surface area contributed by atoms with Gasteiger partial charge in [0.05, 0.1) is 30.7 Å². The normalized spacial score (nSPS) is 18.5. The second-order valence-corrected chi connectivity index (χ2v) is 9.43. The third kappa shape index (κ3) is 4.92. The number of ether oxygens (including phenoxy) is 2. The number of carboxylic acids is 2. The van der Waals surface area contributed by atoms with Gasteiger partial charge in [-0.05, 0) is 47.5 Å². The first-order valence-corrected chi connectivity index (χ1v) is 11.8. The molecule has 1 aromatic carbocycles. The van der Waals surface area contributed by atoms with Crippen LogP contribution in [0.4, 0.5) is 9.80 Å². The van der Waals surface area contributed by atoms with E-state index >= 15 is 0 Å². The highest BCUT2D eigenvalue weighted by atomic mass is 32.2. The van der Waals surface area contributed by atoms with Crippen LogP contribution in [0.1, 0.15) is 32.5 Å². The minimum absolute atomic E-state index is 0.124. The molecule has 2 aliphatic heterocycles. The topological polar surface area (TPSA) is 160 Å². The number of hydrogen-bond donors (Lipinski definition) is 3. The number of anilines is 1. The number of rotatable bonds is 6. The summed E-state index contributed by atoms with van der Waals surface area (Å²) in [6.45, 7) is -0.0393. The zero-order valence-electron chi connectivity index (χ0n) is 18.1. The quantitative estimate of drug-likeness (QED) is 0.383. The van der Waals surface area contributed by atoms with Gasteiger partial charge < -0.3 is 25.0 Å². The van der Waals surface area contributed by atoms with Gasteiger partial charge in [-0.25, -0.2) is 9.59 Å². The highest BCUT2D eigenvalue weighted by Gasteiger charge is 2.40. The van der Waals surface area contributed by atoms with E-state index in [2.05, 4.69) is 5.32 Å². The van der Waals surface area contributed by atoms with E-state index in [0.717, 1.165) is 28.0 Å². The number of thioether (sulfide) groups is 1. The molecule has 3 N–H and O–H groups in total. The number of carboxylic acid groups (broad SMARTS) is 2. The Labute approximate surface area is 206 Å². The molecule has 0 saturated carbocycles. The summed E-state index contributed by atoms with van der Waals surface area (Å²) in [5.41, 5.74) is 0.859. The van der Waals surface area contributed by atoms with Crippen LogP contribution in [-0.2, 0) is 25.5 Å². The number of fused-ring (bicyclic) bond motifs is 1. The molecule has 0 spiro atoms. The molecule has 11 nitrogen and oxygen atoms in total. The summed E-state index contributed by atoms with van der Waals surface area (Å²) in [6.07, 6.45) is 0.975. The van der Waals surface area contributed by atoms with Crippen LogP contribution >= 0.6 is 23.1 Å². The maximum absolute atomic E-state index is 13.0. The van der Waals surface area contributed by atoms with Crippen molar-refractivity contribution in [1.29, 1.82) is 0 Å². The van der Waals surface area contributed by atoms with Crippen LogP contribution in [0.25, 0.3) is 6.08 Å². The minimum atomic E-state index is -1.76. The van der Waals surface area contributed by atoms with Crippen LogP contribution in [0.5, 0.6) is 5.75 Å². The Kier molecular flexibility index (Phi) is 6.91. The van der Waals surface area contributed by atoms with Crippen molar-refractivity contribution < 1.29 is 43.7 Å². The third-order valence-electron chi connectivity index (χ3n) is 5.27. The van der Waals surface area contributed by atoms with Crippen molar-refractivity contribution in [2.75, 3.05) is 25.6 Å². The minimum Gasteiger partial charge on any atom is -0.497 e. The molecule has 13 heteroatoms. The summed E-state index contributed by atoms with van der Waals surface area (Å²) in [7, 11) is 1.54. The van der Waals surface area contributed by atoms with Crippen LogP contribution in [0.15, 0.2) is 29.2 Å². The van der Waals surface area contributed by atoms with E-state index in [4.69, 9.17) is 14.6 Å². The highest BCUT2D eigenvalue weighted by molar-refractivity contribution is 8.18. The second-order valence-electron chi connectivity index (χ2n) is 7.39. The van der Waals surface area contributed by atoms with Gasteiger partial charge in [0.25, 0.3) is 11.1 Å². The van der Waals surface area contributed by atoms with Gasteiger partial charge in [0.1, 0.15) is 16.9 Å². The lowest BCUT2D eigenvalue weighted by Crippen LogP contribution is -2.34. The van der Waals surface area contributed by atoms with Gasteiger partial charge in [0.15, 0.2) is 0 Å². The lowest BCUT2D eigenvalue weighted by atomic mass is 10.0. The number of methoxy groups -OCH3 is 1. The maximum Gasteiger partial charge on any atom is 0.394 e. The monoisotopic (exact) mass is 518 g/mol. The van der Waals surface area contributed by atoms with Crippen LogP contribution in [0.3, 0.4) is 0 Å². The molecular formula is C22H18N2O9S2. The number of thiophene rings is 1. The third-order valence-corrected chi connectivity index (χ3v) is 7.42. The van der Waals surface area contributed by atoms with Crippen molar-refractivity contribution >= 4 is 63.2 Å². The Hall–Kier alpha value is -3.68. The molecule has 4 rings (SSSR count). The Balaban J connectivity index is 1.58. The standard InChI is InChI=1S/C22H18N2O9S2/c1-32-11-4-2-10(3-5-11)8-14-19(26)24(22(31)34-14)9-13-16-12(6-7-33-13)15(20(27)28)18(35-16)23-17(25)21(29)30/h2-5,8,13H,6-7,9H2,1H3,(H,23,25)(H,27,28)(H,29,30). The fourth-order valence-electron chi connectivity index (χ4n) is 3.65. The lowest BCUT2D eigenvalue weighted by Gasteiger charge is -2.26. The SMILES string of the molecule is COc1ccc(C=C2SC(=O)N(CC3OCCc4c3sc(NC(=O)C(=O)O)c4C(=O)O)C2=O)cc1. The Morgan fingerprint density at radius 2 is 1.94 bits per heavy atom. The van der Waals surface area contributed by atoms with E-state index in [1.807, 2.05) is 0 Å². The van der Waals surface area contributed by atoms with Crippen molar-refractivity contribution in [3.8, 4) is 5.75 Å². The van der Waals surface area contributed by atoms with Gasteiger partial charge in [-0.1, -0.05) is 12.1 Å². The van der Waals surface area contributed by atoms with Crippen LogP contribution in [0.2, 0.25) is 0 Å². The molecule has 182 valence electrons. The average Bonchev–Trinajstić information content (AvgIpc) is 3.32. The van der Waals surface area contributed by atoms with Gasteiger partial charge in [0, 0.05) is 4.88 Å². The van der Waals surface area contributed by atoms with Gasteiger partial charge in [-0.3, -0.25) is 19.3 Å². The molecule has 3 amide bonds.